The van der Waals surface area contributed by atoms with Gasteiger partial charge in [-0.1, -0.05) is 5.21 Å². The zero-order valence-electron chi connectivity index (χ0n) is 6.85. The first-order chi connectivity index (χ1) is 5.70. The van der Waals surface area contributed by atoms with Gasteiger partial charge in [0.15, 0.2) is 0 Å². The van der Waals surface area contributed by atoms with Crippen molar-refractivity contribution in [2.24, 2.45) is 12.1 Å². The van der Waals surface area contributed by atoms with E-state index < -0.39 is 0 Å². The van der Waals surface area contributed by atoms with E-state index in [-0.39, 0.29) is 5.91 Å². The van der Waals surface area contributed by atoms with E-state index in [1.54, 1.807) is 17.9 Å². The molecule has 12 heavy (non-hydrogen) atoms. The fraction of sp³-hybridized carbons (Fsp3) is 0.333. The van der Waals surface area contributed by atoms with E-state index in [0.717, 1.165) is 5.69 Å². The Morgan fingerprint density at radius 3 is 3.08 bits per heavy atom. The average Bonchev–Trinajstić information content (AvgIpc) is 2.36. The molecule has 0 spiro atoms. The Kier molecular flexibility index (Phi) is 2.52. The van der Waals surface area contributed by atoms with Crippen molar-refractivity contribution in [2.45, 2.75) is 6.92 Å². The summed E-state index contributed by atoms with van der Waals surface area (Å²) in [7, 11) is 1.74. The van der Waals surface area contributed by atoms with Gasteiger partial charge in [0, 0.05) is 14.0 Å². The molecule has 0 fully saturated rings. The van der Waals surface area contributed by atoms with Gasteiger partial charge in [0.2, 0.25) is 5.91 Å². The summed E-state index contributed by atoms with van der Waals surface area (Å²) >= 11 is 0. The summed E-state index contributed by atoms with van der Waals surface area (Å²) in [5.41, 5.74) is 3.00. The summed E-state index contributed by atoms with van der Waals surface area (Å²) in [6.45, 7) is 1.39. The summed E-state index contributed by atoms with van der Waals surface area (Å²) in [5.74, 6) is -0.207. The van der Waals surface area contributed by atoms with E-state index in [1.165, 1.54) is 13.1 Å². The Hall–Kier alpha value is -1.72. The maximum absolute atomic E-state index is 10.4. The third kappa shape index (κ3) is 2.15. The molecular weight excluding hydrogens is 158 g/mol. The number of aryl methyl sites for hydroxylation is 1. The van der Waals surface area contributed by atoms with Gasteiger partial charge >= 0.3 is 0 Å². The highest BCUT2D eigenvalue weighted by Crippen LogP contribution is 1.86. The number of hydrogen-bond acceptors (Lipinski definition) is 4. The molecule has 0 atom stereocenters. The normalized spacial score (nSPS) is 10.5. The van der Waals surface area contributed by atoms with Crippen LogP contribution in [0.5, 0.6) is 0 Å². The monoisotopic (exact) mass is 167 g/mol. The molecule has 0 bridgehead atoms. The van der Waals surface area contributed by atoms with Gasteiger partial charge in [-0.15, -0.1) is 5.10 Å². The second-order valence-electron chi connectivity index (χ2n) is 2.21. The number of aromatic nitrogens is 3. The molecule has 0 aliphatic rings. The fourth-order valence-electron chi connectivity index (χ4n) is 0.604. The van der Waals surface area contributed by atoms with Crippen LogP contribution in [0.2, 0.25) is 0 Å². The fourth-order valence-corrected chi connectivity index (χ4v) is 0.604. The predicted octanol–water partition coefficient (Wildman–Crippen LogP) is -0.715. The number of carbonyl (C=O) groups is 1. The van der Waals surface area contributed by atoms with Crippen molar-refractivity contribution >= 4 is 12.1 Å². The van der Waals surface area contributed by atoms with E-state index in [1.807, 2.05) is 0 Å². The lowest BCUT2D eigenvalue weighted by Gasteiger charge is -1.91. The van der Waals surface area contributed by atoms with Crippen molar-refractivity contribution in [1.82, 2.24) is 20.4 Å². The summed E-state index contributed by atoms with van der Waals surface area (Å²) in [5, 5.41) is 11.0. The highest BCUT2D eigenvalue weighted by Gasteiger charge is 1.93. The van der Waals surface area contributed by atoms with Gasteiger partial charge in [-0.05, 0) is 0 Å². The molecule has 1 rings (SSSR count). The van der Waals surface area contributed by atoms with E-state index in [9.17, 15) is 4.79 Å². The maximum Gasteiger partial charge on any atom is 0.236 e. The number of nitrogens with one attached hydrogen (secondary N) is 1. The molecule has 1 heterocycles. The van der Waals surface area contributed by atoms with Gasteiger partial charge in [0.25, 0.3) is 0 Å². The van der Waals surface area contributed by atoms with Crippen molar-refractivity contribution in [2.75, 3.05) is 0 Å². The third-order valence-electron chi connectivity index (χ3n) is 1.17. The molecule has 0 unspecified atom stereocenters. The molecule has 0 aromatic carbocycles. The standard InChI is InChI=1S/C6H9N5O/c1-5(12)9-7-3-6-4-8-10-11(6)2/h3-4H,1-2H3,(H,9,12)/b7-3+. The van der Waals surface area contributed by atoms with Crippen LogP contribution < -0.4 is 5.43 Å². The Bertz CT molecular complexity index is 303. The van der Waals surface area contributed by atoms with E-state index >= 15 is 0 Å². The minimum atomic E-state index is -0.207. The van der Waals surface area contributed by atoms with Gasteiger partial charge in [0.05, 0.1) is 12.4 Å². The molecule has 0 radical (unpaired) electrons. The molecule has 64 valence electrons. The number of rotatable bonds is 2. The molecule has 6 heteroatoms. The molecule has 0 saturated carbocycles. The van der Waals surface area contributed by atoms with Crippen LogP contribution in [0.3, 0.4) is 0 Å². The average molecular weight is 167 g/mol. The third-order valence-corrected chi connectivity index (χ3v) is 1.17. The summed E-state index contributed by atoms with van der Waals surface area (Å²) in [6, 6.07) is 0. The van der Waals surface area contributed by atoms with Gasteiger partial charge in [0.1, 0.15) is 5.69 Å². The van der Waals surface area contributed by atoms with Crippen molar-refractivity contribution in [1.29, 1.82) is 0 Å². The molecule has 1 aromatic rings. The molecule has 6 nitrogen and oxygen atoms in total. The van der Waals surface area contributed by atoms with Crippen LogP contribution in [-0.4, -0.2) is 27.1 Å². The number of amides is 1. The van der Waals surface area contributed by atoms with E-state index in [4.69, 9.17) is 0 Å². The summed E-state index contributed by atoms with van der Waals surface area (Å²) in [6.07, 6.45) is 3.02. The number of hydrogen-bond donors (Lipinski definition) is 1. The molecule has 0 aliphatic heterocycles. The Labute approximate surface area is 69.3 Å². The van der Waals surface area contributed by atoms with Crippen LogP contribution in [0.4, 0.5) is 0 Å². The van der Waals surface area contributed by atoms with Crippen molar-refractivity contribution < 1.29 is 4.79 Å². The number of hydrazone groups is 1. The lowest BCUT2D eigenvalue weighted by molar-refractivity contribution is -0.118. The summed E-state index contributed by atoms with van der Waals surface area (Å²) < 4.78 is 1.55. The minimum absolute atomic E-state index is 0.207. The van der Waals surface area contributed by atoms with Crippen molar-refractivity contribution in [3.05, 3.63) is 11.9 Å². The highest BCUT2D eigenvalue weighted by atomic mass is 16.2. The molecular formula is C6H9N5O. The molecule has 0 aliphatic carbocycles. The first-order valence-corrected chi connectivity index (χ1v) is 3.34. The first kappa shape index (κ1) is 8.38. The molecule has 0 saturated heterocycles. The molecule has 1 aromatic heterocycles. The number of carbonyl (C=O) groups excluding carboxylic acids is 1. The van der Waals surface area contributed by atoms with Crippen LogP contribution in [0.25, 0.3) is 0 Å². The minimum Gasteiger partial charge on any atom is -0.274 e. The quantitative estimate of drug-likeness (QED) is 0.467. The van der Waals surface area contributed by atoms with Gasteiger partial charge < -0.3 is 0 Å². The Morgan fingerprint density at radius 1 is 1.83 bits per heavy atom. The highest BCUT2D eigenvalue weighted by molar-refractivity contribution is 5.79. The SMILES string of the molecule is CC(=O)N/N=C/c1cnnn1C. The van der Waals surface area contributed by atoms with E-state index in [0.29, 0.717) is 0 Å². The van der Waals surface area contributed by atoms with Crippen LogP contribution in [0.15, 0.2) is 11.3 Å². The smallest absolute Gasteiger partial charge is 0.236 e. The Balaban J connectivity index is 2.57. The second-order valence-corrected chi connectivity index (χ2v) is 2.21. The van der Waals surface area contributed by atoms with Crippen LogP contribution in [0.1, 0.15) is 12.6 Å². The molecule has 1 N–H and O–H groups in total. The lowest BCUT2D eigenvalue weighted by atomic mass is 10.5. The largest absolute Gasteiger partial charge is 0.274 e. The van der Waals surface area contributed by atoms with Crippen LogP contribution in [0, 0.1) is 0 Å². The summed E-state index contributed by atoms with van der Waals surface area (Å²) in [4.78, 5) is 10.4. The zero-order chi connectivity index (χ0) is 8.97. The van der Waals surface area contributed by atoms with Gasteiger partial charge in [-0.25, -0.2) is 10.1 Å². The van der Waals surface area contributed by atoms with Crippen molar-refractivity contribution in [3.8, 4) is 0 Å². The van der Waals surface area contributed by atoms with Crippen LogP contribution in [-0.2, 0) is 11.8 Å². The first-order valence-electron chi connectivity index (χ1n) is 3.34. The van der Waals surface area contributed by atoms with Gasteiger partial charge in [-0.3, -0.25) is 4.79 Å². The zero-order valence-corrected chi connectivity index (χ0v) is 6.85. The Morgan fingerprint density at radius 2 is 2.58 bits per heavy atom. The lowest BCUT2D eigenvalue weighted by Crippen LogP contribution is -2.12. The van der Waals surface area contributed by atoms with Crippen molar-refractivity contribution in [3.63, 3.8) is 0 Å². The maximum atomic E-state index is 10.4. The predicted molar refractivity (Wildman–Crippen MR) is 42.4 cm³/mol. The van der Waals surface area contributed by atoms with E-state index in [2.05, 4.69) is 20.8 Å². The van der Waals surface area contributed by atoms with Crippen LogP contribution >= 0.6 is 0 Å². The molecule has 1 amide bonds. The van der Waals surface area contributed by atoms with Gasteiger partial charge in [-0.2, -0.15) is 5.10 Å². The second kappa shape index (κ2) is 3.61. The number of nitrogens with zero attached hydrogens (tertiary/aromatic N) is 4. The topological polar surface area (TPSA) is 72.2 Å².